The van der Waals surface area contributed by atoms with Crippen LogP contribution < -0.4 is 11.5 Å². The molecule has 0 radical (unpaired) electrons. The summed E-state index contributed by atoms with van der Waals surface area (Å²) in [4.78, 5) is 3.78. The molecule has 0 aromatic carbocycles. The van der Waals surface area contributed by atoms with Crippen molar-refractivity contribution < 1.29 is 47.5 Å². The lowest BCUT2D eigenvalue weighted by atomic mass is 9.83. The zero-order valence-corrected chi connectivity index (χ0v) is 23.5. The first-order chi connectivity index (χ1) is 21.4. The number of aliphatic hydroxyl groups excluding tert-OH is 4. The molecule has 0 spiro atoms. The summed E-state index contributed by atoms with van der Waals surface area (Å²) >= 11 is 0. The molecule has 18 heteroatoms. The summed E-state index contributed by atoms with van der Waals surface area (Å²) in [7, 11) is 0. The molecule has 0 aliphatic carbocycles. The second-order valence-corrected chi connectivity index (χ2v) is 10.8. The van der Waals surface area contributed by atoms with E-state index in [0.717, 1.165) is 6.33 Å². The molecule has 2 fully saturated rings. The largest absolute Gasteiger partial charge is 0.397 e. The van der Waals surface area contributed by atoms with Crippen LogP contribution in [0.1, 0.15) is 18.3 Å². The number of aromatic nitrogens is 5. The van der Waals surface area contributed by atoms with Crippen molar-refractivity contribution in [2.75, 3.05) is 24.7 Å². The molecule has 4 aromatic heterocycles. The summed E-state index contributed by atoms with van der Waals surface area (Å²) in [5.41, 5.74) is 9.56. The van der Waals surface area contributed by atoms with Crippen molar-refractivity contribution >= 4 is 22.5 Å². The van der Waals surface area contributed by atoms with Crippen molar-refractivity contribution in [1.29, 1.82) is 5.26 Å². The number of nitrogens with two attached hydrogens (primary N) is 2. The van der Waals surface area contributed by atoms with E-state index in [4.69, 9.17) is 20.9 Å². The van der Waals surface area contributed by atoms with E-state index in [1.165, 1.54) is 34.3 Å². The topological polar surface area (TPSA) is 223 Å². The fourth-order valence-corrected chi connectivity index (χ4v) is 6.15. The number of fused-ring (bicyclic) bond motifs is 2. The van der Waals surface area contributed by atoms with Crippen LogP contribution >= 0.6 is 0 Å². The monoisotopic (exact) mass is 638 g/mol. The summed E-state index contributed by atoms with van der Waals surface area (Å²) in [6, 6.07) is 9.42. The molecule has 2 unspecified atom stereocenters. The Morgan fingerprint density at radius 1 is 0.889 bits per heavy atom. The lowest BCUT2D eigenvalue weighted by molar-refractivity contribution is -0.0935. The van der Waals surface area contributed by atoms with Crippen molar-refractivity contribution in [3.63, 3.8) is 0 Å². The zero-order chi connectivity index (χ0) is 32.8. The van der Waals surface area contributed by atoms with E-state index in [0.29, 0.717) is 22.4 Å². The summed E-state index contributed by atoms with van der Waals surface area (Å²) in [5, 5.41) is 56.2. The SMILES string of the molecule is C[C@@]1(c2ccc3c(N)ccnn23)O[C@H](CO)C(O)[C@@H]1C(F)F.N#C[C@@]1(c2ccc3c(N)ncnn23)O[C@H](CO)C(O)[C@@H]1C(F)F. The Hall–Kier alpha value is -4.12. The number of rotatable bonds is 6. The fourth-order valence-electron chi connectivity index (χ4n) is 6.15. The highest BCUT2D eigenvalue weighted by Crippen LogP contribution is 2.48. The third kappa shape index (κ3) is 5.01. The molecule has 0 amide bonds. The number of nitrogens with zero attached hydrogens (tertiary/aromatic N) is 6. The summed E-state index contributed by atoms with van der Waals surface area (Å²) in [6.45, 7) is 0.225. The number of hydrogen-bond donors (Lipinski definition) is 6. The number of nitrogen functional groups attached to an aromatic ring is 2. The standard InChI is InChI=1S/C14H17F2N3O3.C13H13F2N5O3/c1-14(11(13(15)16)12(21)9(6-20)22-14)10-3-2-8-7(17)4-5-18-19(8)10;14-11(15)9-10(22)7(3-21)23-13(9,4-16)8-2-1-6-12(17)18-5-19-20(6)8/h2-5,9,11-13,20-21H,6,17H2,1H3;1-2,5,7,9-11,21-22H,3H2,(H2,17,18,19)/t9-,11-,12?,14+;7-,9-,10?,13+/m11/s1. The molecule has 0 bridgehead atoms. The van der Waals surface area contributed by atoms with Crippen LogP contribution in [-0.4, -0.2) is 95.1 Å². The van der Waals surface area contributed by atoms with Crippen molar-refractivity contribution in [3.8, 4) is 6.07 Å². The van der Waals surface area contributed by atoms with Crippen LogP contribution in [0.2, 0.25) is 0 Å². The van der Waals surface area contributed by atoms with Gasteiger partial charge in [-0.3, -0.25) is 0 Å². The van der Waals surface area contributed by atoms with Gasteiger partial charge in [0.1, 0.15) is 35.7 Å². The molecule has 2 saturated heterocycles. The molecule has 6 rings (SSSR count). The van der Waals surface area contributed by atoms with Gasteiger partial charge in [-0.1, -0.05) is 0 Å². The van der Waals surface area contributed by atoms with Crippen molar-refractivity contribution in [2.45, 2.75) is 55.4 Å². The molecule has 8 atom stereocenters. The molecule has 6 heterocycles. The predicted molar refractivity (Wildman–Crippen MR) is 147 cm³/mol. The van der Waals surface area contributed by atoms with Gasteiger partial charge in [-0.2, -0.15) is 15.5 Å². The average molecular weight is 639 g/mol. The highest BCUT2D eigenvalue weighted by Gasteiger charge is 2.61. The molecule has 14 nitrogen and oxygen atoms in total. The van der Waals surface area contributed by atoms with E-state index in [1.807, 2.05) is 0 Å². The highest BCUT2D eigenvalue weighted by atomic mass is 19.3. The van der Waals surface area contributed by atoms with Gasteiger partial charge >= 0.3 is 0 Å². The molecule has 4 aromatic rings. The third-order valence-electron chi connectivity index (χ3n) is 8.36. The van der Waals surface area contributed by atoms with E-state index in [1.54, 1.807) is 24.3 Å². The predicted octanol–water partition coefficient (Wildman–Crippen LogP) is 0.429. The van der Waals surface area contributed by atoms with Gasteiger partial charge < -0.3 is 41.4 Å². The Morgan fingerprint density at radius 2 is 1.47 bits per heavy atom. The van der Waals surface area contributed by atoms with Gasteiger partial charge in [-0.05, 0) is 37.3 Å². The third-order valence-corrected chi connectivity index (χ3v) is 8.36. The van der Waals surface area contributed by atoms with Crippen LogP contribution in [-0.2, 0) is 20.7 Å². The maximum absolute atomic E-state index is 13.5. The van der Waals surface area contributed by atoms with Gasteiger partial charge in [-0.25, -0.2) is 31.6 Å². The summed E-state index contributed by atoms with van der Waals surface area (Å²) in [5.74, 6) is -3.23. The normalized spacial score (nSPS) is 31.5. The second-order valence-electron chi connectivity index (χ2n) is 10.8. The number of aliphatic hydroxyl groups is 4. The van der Waals surface area contributed by atoms with E-state index in [2.05, 4.69) is 15.2 Å². The summed E-state index contributed by atoms with van der Waals surface area (Å²) in [6.07, 6.45) is -8.85. The maximum Gasteiger partial charge on any atom is 0.248 e. The summed E-state index contributed by atoms with van der Waals surface area (Å²) < 4.78 is 67.6. The lowest BCUT2D eigenvalue weighted by Crippen LogP contribution is -2.40. The van der Waals surface area contributed by atoms with Crippen LogP contribution in [0.25, 0.3) is 11.0 Å². The van der Waals surface area contributed by atoms with Crippen LogP contribution in [0.15, 0.2) is 42.9 Å². The number of nitriles is 1. The first kappa shape index (κ1) is 32.3. The van der Waals surface area contributed by atoms with Gasteiger partial charge in [0.2, 0.25) is 18.5 Å². The van der Waals surface area contributed by atoms with Gasteiger partial charge in [0.15, 0.2) is 5.82 Å². The first-order valence-electron chi connectivity index (χ1n) is 13.6. The Kier molecular flexibility index (Phi) is 8.61. The minimum atomic E-state index is -3.05. The van der Waals surface area contributed by atoms with Gasteiger partial charge in [0.25, 0.3) is 0 Å². The number of hydrogen-bond acceptors (Lipinski definition) is 12. The van der Waals surface area contributed by atoms with Crippen LogP contribution in [0.4, 0.5) is 29.1 Å². The lowest BCUT2D eigenvalue weighted by Gasteiger charge is -2.30. The minimum Gasteiger partial charge on any atom is -0.397 e. The smallest absolute Gasteiger partial charge is 0.248 e. The molecular weight excluding hydrogens is 608 g/mol. The van der Waals surface area contributed by atoms with Crippen molar-refractivity contribution in [2.24, 2.45) is 11.8 Å². The minimum absolute atomic E-state index is 0.00981. The van der Waals surface area contributed by atoms with Crippen LogP contribution in [0, 0.1) is 23.2 Å². The van der Waals surface area contributed by atoms with Gasteiger partial charge in [0.05, 0.1) is 59.8 Å². The Balaban J connectivity index is 0.000000178. The molecule has 0 saturated carbocycles. The maximum atomic E-state index is 13.5. The number of alkyl halides is 4. The Labute approximate surface area is 252 Å². The zero-order valence-electron chi connectivity index (χ0n) is 23.5. The quantitative estimate of drug-likeness (QED) is 0.158. The molecule has 2 aliphatic heterocycles. The molecule has 242 valence electrons. The van der Waals surface area contributed by atoms with Crippen molar-refractivity contribution in [1.82, 2.24) is 24.2 Å². The molecule has 45 heavy (non-hydrogen) atoms. The van der Waals surface area contributed by atoms with Crippen LogP contribution in [0.3, 0.4) is 0 Å². The van der Waals surface area contributed by atoms with Gasteiger partial charge in [0, 0.05) is 6.20 Å². The number of halogens is 4. The fraction of sp³-hybridized carbons (Fsp3) is 0.481. The Morgan fingerprint density at radius 3 is 2.09 bits per heavy atom. The molecule has 8 N–H and O–H groups in total. The number of ether oxygens (including phenoxy) is 2. The van der Waals surface area contributed by atoms with Gasteiger partial charge in [-0.15, -0.1) is 0 Å². The van der Waals surface area contributed by atoms with E-state index in [-0.39, 0.29) is 11.5 Å². The Bertz CT molecular complexity index is 1720. The highest BCUT2D eigenvalue weighted by molar-refractivity contribution is 5.69. The first-order valence-corrected chi connectivity index (χ1v) is 13.6. The van der Waals surface area contributed by atoms with E-state index in [9.17, 15) is 43.2 Å². The molecule has 2 aliphatic rings. The average Bonchev–Trinajstić information content (AvgIpc) is 3.76. The van der Waals surface area contributed by atoms with Crippen molar-refractivity contribution in [3.05, 3.63) is 54.2 Å². The van der Waals surface area contributed by atoms with E-state index < -0.39 is 73.5 Å². The molecular formula is C27H30F4N8O6. The van der Waals surface area contributed by atoms with E-state index >= 15 is 0 Å². The number of anilines is 2. The van der Waals surface area contributed by atoms with Crippen LogP contribution in [0.5, 0.6) is 0 Å². The second kappa shape index (κ2) is 12.0.